The number of hydrogen-bond donors (Lipinski definition) is 1. The Bertz CT molecular complexity index is 381. The second-order valence-corrected chi connectivity index (χ2v) is 5.55. The maximum atomic E-state index is 11.8. The van der Waals surface area contributed by atoms with Gasteiger partial charge in [0.2, 0.25) is 0 Å². The Hall–Kier alpha value is -1.35. The molecule has 0 fully saturated rings. The van der Waals surface area contributed by atoms with E-state index >= 15 is 0 Å². The minimum Gasteiger partial charge on any atom is -0.459 e. The number of nitrogens with one attached hydrogen (secondary N) is 1. The average molecular weight is 249 g/mol. The summed E-state index contributed by atoms with van der Waals surface area (Å²) in [6.45, 7) is 9.48. The third kappa shape index (κ3) is 4.88. The van der Waals surface area contributed by atoms with E-state index < -0.39 is 5.60 Å². The molecule has 0 aromatic heterocycles. The van der Waals surface area contributed by atoms with Crippen molar-refractivity contribution in [1.82, 2.24) is 5.32 Å². The van der Waals surface area contributed by atoms with Crippen molar-refractivity contribution in [3.8, 4) is 0 Å². The van der Waals surface area contributed by atoms with E-state index in [1.807, 2.05) is 65.0 Å². The Kier molecular flexibility index (Phi) is 4.91. The largest absolute Gasteiger partial charge is 0.459 e. The molecule has 0 amide bonds. The van der Waals surface area contributed by atoms with Gasteiger partial charge in [-0.1, -0.05) is 30.3 Å². The van der Waals surface area contributed by atoms with Gasteiger partial charge in [0.1, 0.15) is 11.6 Å². The fraction of sp³-hybridized carbons (Fsp3) is 0.533. The van der Waals surface area contributed by atoms with Crippen LogP contribution in [0.1, 0.15) is 46.2 Å². The summed E-state index contributed by atoms with van der Waals surface area (Å²) in [4.78, 5) is 11.8. The van der Waals surface area contributed by atoms with Crippen LogP contribution in [-0.4, -0.2) is 17.6 Å². The second-order valence-electron chi connectivity index (χ2n) is 5.55. The van der Waals surface area contributed by atoms with E-state index in [0.717, 1.165) is 5.56 Å². The Morgan fingerprint density at radius 1 is 1.17 bits per heavy atom. The van der Waals surface area contributed by atoms with Gasteiger partial charge in [-0.25, -0.2) is 0 Å². The molecule has 0 aliphatic rings. The summed E-state index contributed by atoms with van der Waals surface area (Å²) in [5, 5.41) is 3.24. The van der Waals surface area contributed by atoms with E-state index in [-0.39, 0.29) is 18.1 Å². The van der Waals surface area contributed by atoms with Crippen LogP contribution >= 0.6 is 0 Å². The first-order valence-corrected chi connectivity index (χ1v) is 6.33. The van der Waals surface area contributed by atoms with Gasteiger partial charge in [0, 0.05) is 6.04 Å². The maximum absolute atomic E-state index is 11.8. The van der Waals surface area contributed by atoms with Crippen molar-refractivity contribution in [3.05, 3.63) is 35.9 Å². The highest BCUT2D eigenvalue weighted by Gasteiger charge is 2.22. The van der Waals surface area contributed by atoms with Crippen LogP contribution in [0, 0.1) is 0 Å². The van der Waals surface area contributed by atoms with Crippen LogP contribution in [0.25, 0.3) is 0 Å². The molecule has 1 aromatic carbocycles. The lowest BCUT2D eigenvalue weighted by Crippen LogP contribution is -2.40. The smallest absolute Gasteiger partial charge is 0.323 e. The number of carbonyl (C=O) groups is 1. The fourth-order valence-electron chi connectivity index (χ4n) is 1.67. The van der Waals surface area contributed by atoms with Gasteiger partial charge in [-0.2, -0.15) is 0 Å². The lowest BCUT2D eigenvalue weighted by molar-refractivity contribution is -0.157. The molecule has 18 heavy (non-hydrogen) atoms. The molecule has 1 aromatic rings. The molecule has 3 nitrogen and oxygen atoms in total. The highest BCUT2D eigenvalue weighted by molar-refractivity contribution is 5.75. The lowest BCUT2D eigenvalue weighted by Gasteiger charge is -2.24. The molecule has 100 valence electrons. The first-order chi connectivity index (χ1) is 8.29. The monoisotopic (exact) mass is 249 g/mol. The molecule has 1 rings (SSSR count). The van der Waals surface area contributed by atoms with Gasteiger partial charge in [0.05, 0.1) is 0 Å². The third-order valence-corrected chi connectivity index (χ3v) is 2.56. The summed E-state index contributed by atoms with van der Waals surface area (Å²) >= 11 is 0. The Morgan fingerprint density at radius 2 is 1.72 bits per heavy atom. The maximum Gasteiger partial charge on any atom is 0.323 e. The summed E-state index contributed by atoms with van der Waals surface area (Å²) in [6.07, 6.45) is 0. The van der Waals surface area contributed by atoms with Gasteiger partial charge in [-0.15, -0.1) is 0 Å². The second kappa shape index (κ2) is 6.01. The van der Waals surface area contributed by atoms with Gasteiger partial charge >= 0.3 is 5.97 Å². The van der Waals surface area contributed by atoms with Gasteiger partial charge < -0.3 is 4.74 Å². The average Bonchev–Trinajstić information content (AvgIpc) is 2.27. The zero-order chi connectivity index (χ0) is 13.8. The van der Waals surface area contributed by atoms with Crippen LogP contribution in [0.3, 0.4) is 0 Å². The van der Waals surface area contributed by atoms with Gasteiger partial charge in [0.15, 0.2) is 0 Å². The van der Waals surface area contributed by atoms with Crippen molar-refractivity contribution >= 4 is 5.97 Å². The van der Waals surface area contributed by atoms with Crippen molar-refractivity contribution in [2.45, 2.75) is 52.3 Å². The summed E-state index contributed by atoms with van der Waals surface area (Å²) in [5.41, 5.74) is 0.719. The zero-order valence-corrected chi connectivity index (χ0v) is 11.9. The Morgan fingerprint density at radius 3 is 2.22 bits per heavy atom. The molecule has 2 atom stereocenters. The quantitative estimate of drug-likeness (QED) is 0.833. The van der Waals surface area contributed by atoms with Crippen molar-refractivity contribution in [2.75, 3.05) is 0 Å². The molecule has 0 bridgehead atoms. The van der Waals surface area contributed by atoms with Crippen LogP contribution in [0.5, 0.6) is 0 Å². The van der Waals surface area contributed by atoms with Crippen molar-refractivity contribution < 1.29 is 9.53 Å². The molecule has 0 aliphatic carbocycles. The first kappa shape index (κ1) is 14.7. The molecule has 0 heterocycles. The van der Waals surface area contributed by atoms with Crippen molar-refractivity contribution in [3.63, 3.8) is 0 Å². The number of hydrogen-bond acceptors (Lipinski definition) is 3. The molecule has 3 heteroatoms. The number of rotatable bonds is 4. The molecule has 0 spiro atoms. The van der Waals surface area contributed by atoms with Gasteiger partial charge in [-0.3, -0.25) is 10.1 Å². The minimum atomic E-state index is -0.441. The topological polar surface area (TPSA) is 38.3 Å². The molecule has 0 saturated carbocycles. The minimum absolute atomic E-state index is 0.119. The summed E-state index contributed by atoms with van der Waals surface area (Å²) in [6, 6.07) is 9.84. The highest BCUT2D eigenvalue weighted by atomic mass is 16.6. The zero-order valence-electron chi connectivity index (χ0n) is 11.9. The Labute approximate surface area is 110 Å². The lowest BCUT2D eigenvalue weighted by atomic mass is 10.1. The number of ether oxygens (including phenoxy) is 1. The summed E-state index contributed by atoms with van der Waals surface area (Å²) in [5.74, 6) is -0.217. The Balaban J connectivity index is 2.55. The summed E-state index contributed by atoms with van der Waals surface area (Å²) < 4.78 is 5.33. The fourth-order valence-corrected chi connectivity index (χ4v) is 1.67. The summed E-state index contributed by atoms with van der Waals surface area (Å²) in [7, 11) is 0. The standard InChI is InChI=1S/C15H23NO2/c1-11(13-9-7-6-8-10-13)16-12(2)14(17)18-15(3,4)5/h6-12,16H,1-5H3. The van der Waals surface area contributed by atoms with Gasteiger partial charge in [0.25, 0.3) is 0 Å². The van der Waals surface area contributed by atoms with Crippen LogP contribution in [-0.2, 0) is 9.53 Å². The molecule has 2 unspecified atom stereocenters. The molecular formula is C15H23NO2. The van der Waals surface area contributed by atoms with Crippen LogP contribution in [0.15, 0.2) is 30.3 Å². The third-order valence-electron chi connectivity index (χ3n) is 2.56. The molecule has 0 radical (unpaired) electrons. The normalized spacial score (nSPS) is 14.9. The van der Waals surface area contributed by atoms with Crippen molar-refractivity contribution in [1.29, 1.82) is 0 Å². The SMILES string of the molecule is CC(NC(C)c1ccccc1)C(=O)OC(C)(C)C. The highest BCUT2D eigenvalue weighted by Crippen LogP contribution is 2.14. The number of benzene rings is 1. The van der Waals surface area contributed by atoms with Crippen LogP contribution < -0.4 is 5.32 Å². The number of esters is 1. The van der Waals surface area contributed by atoms with Gasteiger partial charge in [-0.05, 0) is 40.2 Å². The van der Waals surface area contributed by atoms with E-state index in [0.29, 0.717) is 0 Å². The van der Waals surface area contributed by atoms with E-state index in [1.54, 1.807) is 0 Å². The predicted molar refractivity (Wildman–Crippen MR) is 73.3 cm³/mol. The first-order valence-electron chi connectivity index (χ1n) is 6.33. The number of carbonyl (C=O) groups excluding carboxylic acids is 1. The van der Waals surface area contributed by atoms with E-state index in [2.05, 4.69) is 5.32 Å². The van der Waals surface area contributed by atoms with Crippen LogP contribution in [0.2, 0.25) is 0 Å². The van der Waals surface area contributed by atoms with E-state index in [1.165, 1.54) is 0 Å². The molecular weight excluding hydrogens is 226 g/mol. The van der Waals surface area contributed by atoms with Crippen LogP contribution in [0.4, 0.5) is 0 Å². The molecule has 0 aliphatic heterocycles. The molecule has 1 N–H and O–H groups in total. The van der Waals surface area contributed by atoms with E-state index in [9.17, 15) is 4.79 Å². The van der Waals surface area contributed by atoms with E-state index in [4.69, 9.17) is 4.74 Å². The molecule has 0 saturated heterocycles. The predicted octanol–water partition coefficient (Wildman–Crippen LogP) is 3.07. The van der Waals surface area contributed by atoms with Crippen molar-refractivity contribution in [2.24, 2.45) is 0 Å².